The summed E-state index contributed by atoms with van der Waals surface area (Å²) in [4.78, 5) is 11.8. The first-order chi connectivity index (χ1) is 9.04. The Morgan fingerprint density at radius 3 is 2.74 bits per heavy atom. The SMILES string of the molecule is CCCC(O)CNC(=O)C(C)Cc1ccccc1F. The first-order valence-electron chi connectivity index (χ1n) is 6.73. The molecule has 0 aliphatic carbocycles. The van der Waals surface area contributed by atoms with Gasteiger partial charge in [-0.15, -0.1) is 0 Å². The van der Waals surface area contributed by atoms with E-state index in [0.717, 1.165) is 6.42 Å². The molecule has 0 radical (unpaired) electrons. The van der Waals surface area contributed by atoms with Crippen LogP contribution in [-0.2, 0) is 11.2 Å². The molecule has 4 heteroatoms. The van der Waals surface area contributed by atoms with Crippen molar-refractivity contribution in [3.05, 3.63) is 35.6 Å². The van der Waals surface area contributed by atoms with Crippen LogP contribution in [0.4, 0.5) is 4.39 Å². The monoisotopic (exact) mass is 267 g/mol. The maximum absolute atomic E-state index is 13.5. The molecule has 2 unspecified atom stereocenters. The first-order valence-corrected chi connectivity index (χ1v) is 6.73. The lowest BCUT2D eigenvalue weighted by Crippen LogP contribution is -2.36. The maximum atomic E-state index is 13.5. The van der Waals surface area contributed by atoms with Crippen LogP contribution in [0.1, 0.15) is 32.3 Å². The van der Waals surface area contributed by atoms with Crippen molar-refractivity contribution in [1.29, 1.82) is 0 Å². The Balaban J connectivity index is 2.43. The Morgan fingerprint density at radius 2 is 2.11 bits per heavy atom. The van der Waals surface area contributed by atoms with Crippen LogP contribution in [0, 0.1) is 11.7 Å². The predicted molar refractivity (Wildman–Crippen MR) is 73.2 cm³/mol. The molecule has 19 heavy (non-hydrogen) atoms. The van der Waals surface area contributed by atoms with E-state index in [1.807, 2.05) is 6.92 Å². The van der Waals surface area contributed by atoms with Crippen LogP contribution in [0.15, 0.2) is 24.3 Å². The van der Waals surface area contributed by atoms with Crippen LogP contribution in [0.3, 0.4) is 0 Å². The lowest BCUT2D eigenvalue weighted by molar-refractivity contribution is -0.124. The average molecular weight is 267 g/mol. The molecule has 0 heterocycles. The minimum Gasteiger partial charge on any atom is -0.391 e. The molecule has 1 aromatic carbocycles. The lowest BCUT2D eigenvalue weighted by atomic mass is 10.00. The van der Waals surface area contributed by atoms with E-state index in [2.05, 4.69) is 5.32 Å². The van der Waals surface area contributed by atoms with Crippen LogP contribution in [0.2, 0.25) is 0 Å². The summed E-state index contributed by atoms with van der Waals surface area (Å²) in [6.45, 7) is 3.99. The van der Waals surface area contributed by atoms with Crippen LogP contribution in [0.25, 0.3) is 0 Å². The summed E-state index contributed by atoms with van der Waals surface area (Å²) >= 11 is 0. The van der Waals surface area contributed by atoms with Gasteiger partial charge in [-0.3, -0.25) is 4.79 Å². The molecule has 3 nitrogen and oxygen atoms in total. The fourth-order valence-electron chi connectivity index (χ4n) is 1.91. The molecule has 0 saturated carbocycles. The highest BCUT2D eigenvalue weighted by atomic mass is 19.1. The van der Waals surface area contributed by atoms with Crippen molar-refractivity contribution in [2.75, 3.05) is 6.54 Å². The third-order valence-electron chi connectivity index (χ3n) is 3.07. The summed E-state index contributed by atoms with van der Waals surface area (Å²) in [6.07, 6.45) is 1.40. The number of carbonyl (C=O) groups is 1. The third kappa shape index (κ3) is 5.39. The van der Waals surface area contributed by atoms with Gasteiger partial charge in [-0.2, -0.15) is 0 Å². The predicted octanol–water partition coefficient (Wildman–Crippen LogP) is 2.28. The Morgan fingerprint density at radius 1 is 1.42 bits per heavy atom. The summed E-state index contributed by atoms with van der Waals surface area (Å²) < 4.78 is 13.5. The minimum atomic E-state index is -0.505. The van der Waals surface area contributed by atoms with E-state index in [9.17, 15) is 14.3 Å². The number of halogens is 1. The Labute approximate surface area is 113 Å². The van der Waals surface area contributed by atoms with Crippen molar-refractivity contribution >= 4 is 5.91 Å². The first kappa shape index (κ1) is 15.6. The second-order valence-corrected chi connectivity index (χ2v) is 4.88. The number of rotatable bonds is 7. The van der Waals surface area contributed by atoms with Gasteiger partial charge in [0.2, 0.25) is 5.91 Å². The zero-order chi connectivity index (χ0) is 14.3. The van der Waals surface area contributed by atoms with Gasteiger partial charge in [-0.25, -0.2) is 4.39 Å². The molecule has 1 aromatic rings. The Hall–Kier alpha value is -1.42. The lowest BCUT2D eigenvalue weighted by Gasteiger charge is -2.15. The van der Waals surface area contributed by atoms with E-state index in [-0.39, 0.29) is 24.2 Å². The molecule has 0 saturated heterocycles. The van der Waals surface area contributed by atoms with Gasteiger partial charge in [0, 0.05) is 12.5 Å². The van der Waals surface area contributed by atoms with Gasteiger partial charge in [0.1, 0.15) is 5.82 Å². The van der Waals surface area contributed by atoms with Crippen molar-refractivity contribution in [2.45, 2.75) is 39.2 Å². The van der Waals surface area contributed by atoms with Crippen LogP contribution in [0.5, 0.6) is 0 Å². The number of aliphatic hydroxyl groups is 1. The topological polar surface area (TPSA) is 49.3 Å². The highest BCUT2D eigenvalue weighted by Gasteiger charge is 2.16. The van der Waals surface area contributed by atoms with Gasteiger partial charge in [-0.05, 0) is 24.5 Å². The molecule has 1 rings (SSSR count). The summed E-state index contributed by atoms with van der Waals surface area (Å²) in [5.74, 6) is -0.752. The molecule has 0 fully saturated rings. The molecular weight excluding hydrogens is 245 g/mol. The maximum Gasteiger partial charge on any atom is 0.223 e. The van der Waals surface area contributed by atoms with E-state index in [4.69, 9.17) is 0 Å². The molecule has 0 spiro atoms. The molecule has 0 bridgehead atoms. The number of amides is 1. The smallest absolute Gasteiger partial charge is 0.223 e. The molecule has 1 amide bonds. The molecule has 0 aliphatic rings. The second kappa shape index (κ2) is 7.89. The largest absolute Gasteiger partial charge is 0.391 e. The van der Waals surface area contributed by atoms with Crippen molar-refractivity contribution in [2.24, 2.45) is 5.92 Å². The number of hydrogen-bond acceptors (Lipinski definition) is 2. The summed E-state index contributed by atoms with van der Waals surface area (Å²) in [5, 5.41) is 12.2. The number of aliphatic hydroxyl groups excluding tert-OH is 1. The highest BCUT2D eigenvalue weighted by molar-refractivity contribution is 5.78. The van der Waals surface area contributed by atoms with E-state index < -0.39 is 6.10 Å². The molecule has 2 N–H and O–H groups in total. The normalized spacial score (nSPS) is 13.9. The van der Waals surface area contributed by atoms with Crippen LogP contribution < -0.4 is 5.32 Å². The van der Waals surface area contributed by atoms with Gasteiger partial charge in [0.05, 0.1) is 6.10 Å². The molecule has 106 valence electrons. The van der Waals surface area contributed by atoms with Gasteiger partial charge in [0.15, 0.2) is 0 Å². The summed E-state index contributed by atoms with van der Waals surface area (Å²) in [7, 11) is 0. The number of nitrogens with one attached hydrogen (secondary N) is 1. The summed E-state index contributed by atoms with van der Waals surface area (Å²) in [5.41, 5.74) is 0.541. The van der Waals surface area contributed by atoms with Crippen molar-refractivity contribution < 1.29 is 14.3 Å². The fraction of sp³-hybridized carbons (Fsp3) is 0.533. The zero-order valence-corrected chi connectivity index (χ0v) is 11.5. The van der Waals surface area contributed by atoms with Gasteiger partial charge >= 0.3 is 0 Å². The highest BCUT2D eigenvalue weighted by Crippen LogP contribution is 2.12. The molecule has 0 aliphatic heterocycles. The quantitative estimate of drug-likeness (QED) is 0.796. The van der Waals surface area contributed by atoms with Crippen molar-refractivity contribution in [1.82, 2.24) is 5.32 Å². The third-order valence-corrected chi connectivity index (χ3v) is 3.07. The standard InChI is InChI=1S/C15H22FNO2/c1-3-6-13(18)10-17-15(19)11(2)9-12-7-4-5-8-14(12)16/h4-5,7-8,11,13,18H,3,6,9-10H2,1-2H3,(H,17,19). The Kier molecular flexibility index (Phi) is 6.50. The van der Waals surface area contributed by atoms with E-state index in [0.29, 0.717) is 18.4 Å². The second-order valence-electron chi connectivity index (χ2n) is 4.88. The molecule has 0 aromatic heterocycles. The van der Waals surface area contributed by atoms with Gasteiger partial charge < -0.3 is 10.4 Å². The van der Waals surface area contributed by atoms with Gasteiger partial charge in [0.25, 0.3) is 0 Å². The van der Waals surface area contributed by atoms with Gasteiger partial charge in [-0.1, -0.05) is 38.5 Å². The van der Waals surface area contributed by atoms with E-state index in [1.54, 1.807) is 25.1 Å². The van der Waals surface area contributed by atoms with Crippen molar-refractivity contribution in [3.63, 3.8) is 0 Å². The number of carbonyl (C=O) groups excluding carboxylic acids is 1. The van der Waals surface area contributed by atoms with Crippen LogP contribution >= 0.6 is 0 Å². The van der Waals surface area contributed by atoms with Crippen LogP contribution in [-0.4, -0.2) is 23.7 Å². The van der Waals surface area contributed by atoms with Crippen molar-refractivity contribution in [3.8, 4) is 0 Å². The Bertz CT molecular complexity index is 409. The number of benzene rings is 1. The van der Waals surface area contributed by atoms with E-state index in [1.165, 1.54) is 6.07 Å². The number of hydrogen-bond donors (Lipinski definition) is 2. The molecule has 2 atom stereocenters. The minimum absolute atomic E-state index is 0.154. The zero-order valence-electron chi connectivity index (χ0n) is 11.5. The fourth-order valence-corrected chi connectivity index (χ4v) is 1.91. The average Bonchev–Trinajstić information content (AvgIpc) is 2.39. The summed E-state index contributed by atoms with van der Waals surface area (Å²) in [6, 6.07) is 6.47. The molecular formula is C15H22FNO2. The van der Waals surface area contributed by atoms with E-state index >= 15 is 0 Å².